The molecule has 0 fully saturated rings. The van der Waals surface area contributed by atoms with Gasteiger partial charge in [-0.05, 0) is 18.4 Å². The number of benzene rings is 1. The largest absolute Gasteiger partial charge is 0.388 e. The van der Waals surface area contributed by atoms with Crippen molar-refractivity contribution in [2.45, 2.75) is 32.8 Å². The van der Waals surface area contributed by atoms with Gasteiger partial charge in [0.2, 0.25) is 0 Å². The van der Waals surface area contributed by atoms with Gasteiger partial charge in [0, 0.05) is 0 Å². The summed E-state index contributed by atoms with van der Waals surface area (Å²) in [6.07, 6.45) is 0.694. The fourth-order valence-electron chi connectivity index (χ4n) is 1.60. The van der Waals surface area contributed by atoms with Gasteiger partial charge >= 0.3 is 7.60 Å². The lowest BCUT2D eigenvalue weighted by Gasteiger charge is -2.21. The quantitative estimate of drug-likeness (QED) is 0.702. The molecule has 4 nitrogen and oxygen atoms in total. The Kier molecular flexibility index (Phi) is 7.32. The van der Waals surface area contributed by atoms with Crippen molar-refractivity contribution in [1.82, 2.24) is 0 Å². The summed E-state index contributed by atoms with van der Waals surface area (Å²) in [6.45, 7) is 4.64. The second kappa shape index (κ2) is 8.49. The van der Waals surface area contributed by atoms with Crippen LogP contribution in [0.5, 0.6) is 0 Å². The number of hydrogen-bond donors (Lipinski definition) is 1. The molecule has 1 aromatic carbocycles. The van der Waals surface area contributed by atoms with Gasteiger partial charge in [-0.1, -0.05) is 44.2 Å². The molecule has 0 unspecified atom stereocenters. The Bertz CT molecular complexity index is 382. The zero-order valence-electron chi connectivity index (χ0n) is 11.6. The van der Waals surface area contributed by atoms with Crippen molar-refractivity contribution >= 4 is 7.60 Å². The van der Waals surface area contributed by atoms with Gasteiger partial charge < -0.3 is 14.2 Å². The van der Waals surface area contributed by atoms with Crippen LogP contribution >= 0.6 is 7.60 Å². The maximum Gasteiger partial charge on any atom is 0.333 e. The number of rotatable bonds is 9. The third-order valence-electron chi connectivity index (χ3n) is 2.57. The molecule has 0 radical (unpaired) electrons. The molecule has 108 valence electrons. The summed E-state index contributed by atoms with van der Waals surface area (Å²) in [4.78, 5) is 0. The predicted octanol–water partition coefficient (Wildman–Crippen LogP) is 3.77. The minimum atomic E-state index is -3.22. The highest BCUT2D eigenvalue weighted by atomic mass is 31.2. The summed E-state index contributed by atoms with van der Waals surface area (Å²) < 4.78 is 23.2. The zero-order valence-corrected chi connectivity index (χ0v) is 12.5. The van der Waals surface area contributed by atoms with Gasteiger partial charge in [0.1, 0.15) is 0 Å². The van der Waals surface area contributed by atoms with E-state index in [0.29, 0.717) is 13.2 Å². The van der Waals surface area contributed by atoms with Crippen molar-refractivity contribution in [2.24, 2.45) is 0 Å². The molecule has 0 amide bonds. The van der Waals surface area contributed by atoms with Gasteiger partial charge in [0.25, 0.3) is 0 Å². The smallest absolute Gasteiger partial charge is 0.333 e. The molecule has 0 aliphatic heterocycles. The van der Waals surface area contributed by atoms with Crippen LogP contribution in [0, 0.1) is 0 Å². The molecule has 1 rings (SSSR count). The van der Waals surface area contributed by atoms with Crippen LogP contribution in [0.15, 0.2) is 30.3 Å². The first-order chi connectivity index (χ1) is 9.11. The van der Waals surface area contributed by atoms with Gasteiger partial charge in [-0.15, -0.1) is 0 Å². The first-order valence-corrected chi connectivity index (χ1v) is 8.45. The molecule has 0 aromatic heterocycles. The van der Waals surface area contributed by atoms with E-state index < -0.39 is 13.7 Å². The van der Waals surface area contributed by atoms with Gasteiger partial charge in [-0.25, -0.2) is 0 Å². The van der Waals surface area contributed by atoms with Gasteiger partial charge in [0.05, 0.1) is 25.5 Å². The second-order valence-electron chi connectivity index (χ2n) is 4.39. The molecule has 0 aliphatic rings. The Labute approximate surface area is 115 Å². The summed E-state index contributed by atoms with van der Waals surface area (Å²) in [5.74, 6) is 0. The lowest BCUT2D eigenvalue weighted by molar-refractivity contribution is 0.164. The van der Waals surface area contributed by atoms with E-state index in [2.05, 4.69) is 0 Å². The summed E-state index contributed by atoms with van der Waals surface area (Å²) in [5, 5.41) is 10.1. The molecule has 0 bridgehead atoms. The maximum absolute atomic E-state index is 12.5. The van der Waals surface area contributed by atoms with Crippen LogP contribution in [0.25, 0.3) is 0 Å². The molecular formula is C14H23O4P. The average Bonchev–Trinajstić information content (AvgIpc) is 2.44. The normalized spacial score (nSPS) is 13.4. The van der Waals surface area contributed by atoms with Crippen LogP contribution in [0.2, 0.25) is 0 Å². The van der Waals surface area contributed by atoms with Crippen LogP contribution < -0.4 is 0 Å². The zero-order chi connectivity index (χ0) is 14.1. The van der Waals surface area contributed by atoms with Gasteiger partial charge in [0.15, 0.2) is 0 Å². The number of hydrogen-bond acceptors (Lipinski definition) is 4. The molecule has 19 heavy (non-hydrogen) atoms. The average molecular weight is 286 g/mol. The van der Waals surface area contributed by atoms with E-state index in [1.54, 1.807) is 12.1 Å². The lowest BCUT2D eigenvalue weighted by atomic mass is 10.1. The molecule has 1 aromatic rings. The topological polar surface area (TPSA) is 55.8 Å². The van der Waals surface area contributed by atoms with Crippen LogP contribution in [-0.4, -0.2) is 24.5 Å². The Morgan fingerprint density at radius 2 is 1.63 bits per heavy atom. The third kappa shape index (κ3) is 5.87. The summed E-state index contributed by atoms with van der Waals surface area (Å²) >= 11 is 0. The Morgan fingerprint density at radius 1 is 1.11 bits per heavy atom. The summed E-state index contributed by atoms with van der Waals surface area (Å²) in [7, 11) is -3.22. The minimum absolute atomic E-state index is 0.00296. The highest BCUT2D eigenvalue weighted by Gasteiger charge is 2.28. The molecule has 5 heteroatoms. The van der Waals surface area contributed by atoms with E-state index in [1.165, 1.54) is 0 Å². The molecule has 0 aliphatic carbocycles. The molecular weight excluding hydrogens is 263 g/mol. The third-order valence-corrected chi connectivity index (χ3v) is 4.51. The van der Waals surface area contributed by atoms with Crippen molar-refractivity contribution in [3.63, 3.8) is 0 Å². The predicted molar refractivity (Wildman–Crippen MR) is 76.4 cm³/mol. The van der Waals surface area contributed by atoms with Gasteiger partial charge in [-0.3, -0.25) is 4.57 Å². The molecule has 0 spiro atoms. The van der Waals surface area contributed by atoms with E-state index in [-0.39, 0.29) is 6.16 Å². The monoisotopic (exact) mass is 286 g/mol. The molecule has 1 N–H and O–H groups in total. The highest BCUT2D eigenvalue weighted by Crippen LogP contribution is 2.51. The number of aliphatic hydroxyl groups excluding tert-OH is 1. The first-order valence-electron chi connectivity index (χ1n) is 6.72. The second-order valence-corrected chi connectivity index (χ2v) is 6.49. The summed E-state index contributed by atoms with van der Waals surface area (Å²) in [5.41, 5.74) is 0.725. The van der Waals surface area contributed by atoms with E-state index in [9.17, 15) is 9.67 Å². The van der Waals surface area contributed by atoms with Crippen molar-refractivity contribution in [3.05, 3.63) is 35.9 Å². The van der Waals surface area contributed by atoms with Crippen molar-refractivity contribution in [2.75, 3.05) is 19.4 Å². The number of aliphatic hydroxyl groups is 1. The molecule has 0 heterocycles. The van der Waals surface area contributed by atoms with Crippen LogP contribution in [-0.2, 0) is 13.6 Å². The van der Waals surface area contributed by atoms with Crippen molar-refractivity contribution in [1.29, 1.82) is 0 Å². The fourth-order valence-corrected chi connectivity index (χ4v) is 3.44. The molecule has 0 saturated heterocycles. The van der Waals surface area contributed by atoms with Gasteiger partial charge in [-0.2, -0.15) is 0 Å². The lowest BCUT2D eigenvalue weighted by Crippen LogP contribution is -2.09. The summed E-state index contributed by atoms with van der Waals surface area (Å²) in [6, 6.07) is 9.15. The molecule has 1 atom stereocenters. The van der Waals surface area contributed by atoms with Crippen LogP contribution in [0.3, 0.4) is 0 Å². The maximum atomic E-state index is 12.5. The van der Waals surface area contributed by atoms with E-state index >= 15 is 0 Å². The fraction of sp³-hybridized carbons (Fsp3) is 0.571. The van der Waals surface area contributed by atoms with E-state index in [0.717, 1.165) is 18.4 Å². The highest BCUT2D eigenvalue weighted by molar-refractivity contribution is 7.53. The van der Waals surface area contributed by atoms with Crippen molar-refractivity contribution in [3.8, 4) is 0 Å². The Balaban J connectivity index is 2.68. The van der Waals surface area contributed by atoms with E-state index in [4.69, 9.17) is 9.05 Å². The van der Waals surface area contributed by atoms with Crippen molar-refractivity contribution < 1.29 is 18.7 Å². The Morgan fingerprint density at radius 3 is 2.11 bits per heavy atom. The van der Waals surface area contributed by atoms with Crippen LogP contribution in [0.1, 0.15) is 38.4 Å². The van der Waals surface area contributed by atoms with E-state index in [1.807, 2.05) is 32.0 Å². The Hall–Kier alpha value is -0.670. The molecule has 0 saturated carbocycles. The van der Waals surface area contributed by atoms with Crippen LogP contribution in [0.4, 0.5) is 0 Å². The SMILES string of the molecule is CCCOP(=O)(C[C@@H](O)c1ccccc1)OCCC. The minimum Gasteiger partial charge on any atom is -0.388 e. The first kappa shape index (κ1) is 16.4. The standard InChI is InChI=1S/C14H23O4P/c1-3-10-17-19(16,18-11-4-2)12-14(15)13-8-6-5-7-9-13/h5-9,14-15H,3-4,10-12H2,1-2H3/t14-/m1/s1.